The molecule has 0 saturated heterocycles. The monoisotopic (exact) mass is 237 g/mol. The molecule has 2 N–H and O–H groups in total. The van der Waals surface area contributed by atoms with Gasteiger partial charge < -0.3 is 5.73 Å². The minimum Gasteiger partial charge on any atom is -0.330 e. The van der Waals surface area contributed by atoms with Gasteiger partial charge in [0, 0.05) is 5.75 Å². The molecular weight excluding hydrogens is 214 g/mol. The van der Waals surface area contributed by atoms with Crippen LogP contribution in [0.3, 0.4) is 0 Å². The van der Waals surface area contributed by atoms with Crippen LogP contribution in [0.4, 0.5) is 0 Å². The van der Waals surface area contributed by atoms with E-state index in [-0.39, 0.29) is 5.41 Å². The van der Waals surface area contributed by atoms with Gasteiger partial charge in [-0.1, -0.05) is 45.0 Å². The molecule has 0 fully saturated rings. The fourth-order valence-electron chi connectivity index (χ4n) is 1.48. The normalized spacial score (nSPS) is 11.8. The van der Waals surface area contributed by atoms with E-state index < -0.39 is 0 Å². The van der Waals surface area contributed by atoms with Gasteiger partial charge in [-0.2, -0.15) is 11.8 Å². The van der Waals surface area contributed by atoms with Crippen LogP contribution >= 0.6 is 11.8 Å². The molecule has 0 radical (unpaired) electrons. The molecule has 1 aromatic rings. The molecule has 0 aliphatic heterocycles. The van der Waals surface area contributed by atoms with E-state index in [1.807, 2.05) is 11.8 Å². The highest BCUT2D eigenvalue weighted by molar-refractivity contribution is 7.98. The van der Waals surface area contributed by atoms with Crippen LogP contribution in [0.2, 0.25) is 0 Å². The molecule has 2 heteroatoms. The van der Waals surface area contributed by atoms with E-state index in [0.717, 1.165) is 24.5 Å². The van der Waals surface area contributed by atoms with Crippen molar-refractivity contribution in [1.29, 1.82) is 0 Å². The van der Waals surface area contributed by atoms with E-state index in [1.54, 1.807) is 0 Å². The van der Waals surface area contributed by atoms with Crippen LogP contribution in [-0.2, 0) is 11.2 Å². The molecule has 90 valence electrons. The first-order valence-electron chi connectivity index (χ1n) is 5.91. The summed E-state index contributed by atoms with van der Waals surface area (Å²) in [5, 5.41) is 0. The lowest BCUT2D eigenvalue weighted by molar-refractivity contribution is 0.590. The fourth-order valence-corrected chi connectivity index (χ4v) is 2.42. The summed E-state index contributed by atoms with van der Waals surface area (Å²) in [5.74, 6) is 2.27. The zero-order valence-electron chi connectivity index (χ0n) is 10.6. The Labute approximate surface area is 104 Å². The summed E-state index contributed by atoms with van der Waals surface area (Å²) in [6.45, 7) is 7.55. The van der Waals surface area contributed by atoms with Crippen molar-refractivity contribution in [3.8, 4) is 0 Å². The Bertz CT molecular complexity index is 298. The van der Waals surface area contributed by atoms with Crippen molar-refractivity contribution in [3.63, 3.8) is 0 Å². The Balaban J connectivity index is 2.46. The Morgan fingerprint density at radius 3 is 2.25 bits per heavy atom. The first-order chi connectivity index (χ1) is 7.54. The first kappa shape index (κ1) is 13.6. The Morgan fingerprint density at radius 1 is 1.12 bits per heavy atom. The molecular formula is C14H23NS. The van der Waals surface area contributed by atoms with E-state index in [9.17, 15) is 0 Å². The highest BCUT2D eigenvalue weighted by Gasteiger charge is 2.12. The number of nitrogens with two attached hydrogens (primary N) is 1. The number of benzene rings is 1. The molecule has 0 bridgehead atoms. The molecule has 1 rings (SSSR count). The zero-order valence-corrected chi connectivity index (χ0v) is 11.4. The van der Waals surface area contributed by atoms with Gasteiger partial charge in [0.15, 0.2) is 0 Å². The Kier molecular flexibility index (Phi) is 5.36. The third-order valence-corrected chi connectivity index (χ3v) is 3.70. The maximum Gasteiger partial charge on any atom is 0.0184 e. The van der Waals surface area contributed by atoms with Gasteiger partial charge in [0.2, 0.25) is 0 Å². The molecule has 0 saturated carbocycles. The third kappa shape index (κ3) is 4.58. The Morgan fingerprint density at radius 2 is 1.75 bits per heavy atom. The highest BCUT2D eigenvalue weighted by atomic mass is 32.2. The summed E-state index contributed by atoms with van der Waals surface area (Å²) in [5.41, 5.74) is 8.54. The zero-order chi connectivity index (χ0) is 12.0. The highest BCUT2D eigenvalue weighted by Crippen LogP contribution is 2.23. The molecule has 0 spiro atoms. The second-order valence-electron chi connectivity index (χ2n) is 5.14. The van der Waals surface area contributed by atoms with Crippen LogP contribution in [0.1, 0.15) is 38.3 Å². The molecule has 1 nitrogen and oxygen atoms in total. The van der Waals surface area contributed by atoms with E-state index in [1.165, 1.54) is 11.1 Å². The number of hydrogen-bond donors (Lipinski definition) is 1. The number of thioether (sulfide) groups is 1. The van der Waals surface area contributed by atoms with Crippen molar-refractivity contribution in [2.75, 3.05) is 12.3 Å². The van der Waals surface area contributed by atoms with Crippen LogP contribution in [0, 0.1) is 0 Å². The van der Waals surface area contributed by atoms with Gasteiger partial charge in [0.25, 0.3) is 0 Å². The second-order valence-corrected chi connectivity index (χ2v) is 6.25. The Hall–Kier alpha value is -0.470. The van der Waals surface area contributed by atoms with Gasteiger partial charge in [-0.15, -0.1) is 0 Å². The molecule has 16 heavy (non-hydrogen) atoms. The lowest BCUT2D eigenvalue weighted by Gasteiger charge is -2.19. The summed E-state index contributed by atoms with van der Waals surface area (Å²) in [6.07, 6.45) is 1.12. The second kappa shape index (κ2) is 6.31. The smallest absolute Gasteiger partial charge is 0.0184 e. The third-order valence-electron chi connectivity index (χ3n) is 2.58. The molecule has 0 unspecified atom stereocenters. The minimum atomic E-state index is 0.255. The predicted molar refractivity (Wildman–Crippen MR) is 75.0 cm³/mol. The van der Waals surface area contributed by atoms with Gasteiger partial charge in [-0.25, -0.2) is 0 Å². The van der Waals surface area contributed by atoms with Crippen LogP contribution in [0.15, 0.2) is 24.3 Å². The SMILES string of the molecule is CC(C)(C)c1ccc(CSCCCN)cc1. The van der Waals surface area contributed by atoms with Gasteiger partial charge >= 0.3 is 0 Å². The summed E-state index contributed by atoms with van der Waals surface area (Å²) >= 11 is 1.96. The van der Waals surface area contributed by atoms with Gasteiger partial charge in [0.1, 0.15) is 0 Å². The molecule has 0 aromatic heterocycles. The molecule has 0 atom stereocenters. The van der Waals surface area contributed by atoms with E-state index in [2.05, 4.69) is 45.0 Å². The lowest BCUT2D eigenvalue weighted by Crippen LogP contribution is -2.10. The van der Waals surface area contributed by atoms with Crippen molar-refractivity contribution in [3.05, 3.63) is 35.4 Å². The van der Waals surface area contributed by atoms with Crippen molar-refractivity contribution in [2.24, 2.45) is 5.73 Å². The van der Waals surface area contributed by atoms with E-state index in [0.29, 0.717) is 0 Å². The largest absolute Gasteiger partial charge is 0.330 e. The summed E-state index contributed by atoms with van der Waals surface area (Å²) in [4.78, 5) is 0. The van der Waals surface area contributed by atoms with Crippen LogP contribution in [0.5, 0.6) is 0 Å². The van der Waals surface area contributed by atoms with Crippen molar-refractivity contribution >= 4 is 11.8 Å². The number of hydrogen-bond acceptors (Lipinski definition) is 2. The van der Waals surface area contributed by atoms with Gasteiger partial charge in [0.05, 0.1) is 0 Å². The van der Waals surface area contributed by atoms with Crippen molar-refractivity contribution in [2.45, 2.75) is 38.4 Å². The van der Waals surface area contributed by atoms with Crippen molar-refractivity contribution < 1.29 is 0 Å². The van der Waals surface area contributed by atoms with Crippen molar-refractivity contribution in [1.82, 2.24) is 0 Å². The lowest BCUT2D eigenvalue weighted by atomic mass is 9.87. The predicted octanol–water partition coefficient (Wildman–Crippen LogP) is 3.57. The van der Waals surface area contributed by atoms with Gasteiger partial charge in [-0.3, -0.25) is 0 Å². The fraction of sp³-hybridized carbons (Fsp3) is 0.571. The van der Waals surface area contributed by atoms with Gasteiger partial charge in [-0.05, 0) is 35.3 Å². The molecule has 1 aromatic carbocycles. The molecule has 0 amide bonds. The molecule has 0 aliphatic carbocycles. The summed E-state index contributed by atoms with van der Waals surface area (Å²) in [7, 11) is 0. The maximum absolute atomic E-state index is 5.46. The average molecular weight is 237 g/mol. The summed E-state index contributed by atoms with van der Waals surface area (Å²) in [6, 6.07) is 8.99. The topological polar surface area (TPSA) is 26.0 Å². The van der Waals surface area contributed by atoms with Crippen LogP contribution in [-0.4, -0.2) is 12.3 Å². The maximum atomic E-state index is 5.46. The minimum absolute atomic E-state index is 0.255. The number of rotatable bonds is 5. The molecule has 0 heterocycles. The summed E-state index contributed by atoms with van der Waals surface area (Å²) < 4.78 is 0. The molecule has 0 aliphatic rings. The van der Waals surface area contributed by atoms with E-state index >= 15 is 0 Å². The van der Waals surface area contributed by atoms with Crippen LogP contribution < -0.4 is 5.73 Å². The average Bonchev–Trinajstić information content (AvgIpc) is 2.24. The quantitative estimate of drug-likeness (QED) is 0.792. The first-order valence-corrected chi connectivity index (χ1v) is 7.07. The standard InChI is InChI=1S/C14H23NS/c1-14(2,3)13-7-5-12(6-8-13)11-16-10-4-9-15/h5-8H,4,9-11,15H2,1-3H3. The van der Waals surface area contributed by atoms with Crippen LogP contribution in [0.25, 0.3) is 0 Å². The van der Waals surface area contributed by atoms with E-state index in [4.69, 9.17) is 5.73 Å².